The second-order valence-electron chi connectivity index (χ2n) is 2.44. The van der Waals surface area contributed by atoms with Crippen LogP contribution in [0.1, 0.15) is 12.5 Å². The maximum Gasteiger partial charge on any atom is 0.177 e. The molecule has 1 aromatic heterocycles. The van der Waals surface area contributed by atoms with Gasteiger partial charge in [0.05, 0.1) is 11.3 Å². The molecule has 1 heterocycles. The molecule has 0 fully saturated rings. The maximum atomic E-state index is 8.46. The third-order valence-electron chi connectivity index (χ3n) is 1.51. The van der Waals surface area contributed by atoms with E-state index in [0.717, 1.165) is 5.56 Å². The van der Waals surface area contributed by atoms with Crippen molar-refractivity contribution in [3.05, 3.63) is 30.1 Å². The van der Waals surface area contributed by atoms with E-state index in [-0.39, 0.29) is 0 Å². The zero-order chi connectivity index (χ0) is 8.27. The monoisotopic (exact) mass is 151 g/mol. The average molecular weight is 151 g/mol. The first-order chi connectivity index (χ1) is 5.24. The molecule has 1 rings (SSSR count). The molecule has 0 aliphatic heterocycles. The van der Waals surface area contributed by atoms with Crippen LogP contribution in [0.3, 0.4) is 0 Å². The Labute approximate surface area is 65.6 Å². The first-order valence-corrected chi connectivity index (χ1v) is 3.38. The minimum Gasteiger partial charge on any atom is -0.411 e. The van der Waals surface area contributed by atoms with Gasteiger partial charge in [0, 0.05) is 6.07 Å². The first-order valence-electron chi connectivity index (χ1n) is 3.38. The Kier molecular flexibility index (Phi) is 2.21. The molecule has 1 N–H and O–H groups in total. The predicted molar refractivity (Wildman–Crippen MR) is 41.6 cm³/mol. The van der Waals surface area contributed by atoms with Gasteiger partial charge in [0.15, 0.2) is 12.4 Å². The van der Waals surface area contributed by atoms with Gasteiger partial charge in [0.25, 0.3) is 0 Å². The van der Waals surface area contributed by atoms with Crippen LogP contribution >= 0.6 is 0 Å². The fraction of sp³-hybridized carbons (Fsp3) is 0.250. The van der Waals surface area contributed by atoms with Crippen molar-refractivity contribution >= 4 is 5.71 Å². The Morgan fingerprint density at radius 2 is 2.36 bits per heavy atom. The van der Waals surface area contributed by atoms with Gasteiger partial charge >= 0.3 is 0 Å². The smallest absolute Gasteiger partial charge is 0.177 e. The Morgan fingerprint density at radius 1 is 1.64 bits per heavy atom. The highest BCUT2D eigenvalue weighted by Gasteiger charge is 2.00. The fourth-order valence-electron chi connectivity index (χ4n) is 0.860. The number of nitrogens with zero attached hydrogens (tertiary/aromatic N) is 2. The molecule has 3 heteroatoms. The lowest BCUT2D eigenvalue weighted by atomic mass is 10.2. The average Bonchev–Trinajstić information content (AvgIpc) is 2.03. The minimum atomic E-state index is 0.626. The van der Waals surface area contributed by atoms with E-state index in [0.29, 0.717) is 5.71 Å². The molecule has 1 aromatic rings. The largest absolute Gasteiger partial charge is 0.411 e. The fourth-order valence-corrected chi connectivity index (χ4v) is 0.860. The third kappa shape index (κ3) is 1.77. The molecule has 0 bridgehead atoms. The maximum absolute atomic E-state index is 8.46. The standard InChI is InChI=1S/C8H10N2O/c1-7(9-11)8-4-3-5-10(2)6-8/h3-6H,1-2H3/p+1/b9-7+. The second kappa shape index (κ2) is 3.14. The molecule has 0 saturated carbocycles. The van der Waals surface area contributed by atoms with Gasteiger partial charge in [0.2, 0.25) is 0 Å². The number of aryl methyl sites for hydroxylation is 1. The summed E-state index contributed by atoms with van der Waals surface area (Å²) in [5.74, 6) is 0. The lowest BCUT2D eigenvalue weighted by molar-refractivity contribution is -0.671. The quantitative estimate of drug-likeness (QED) is 0.273. The second-order valence-corrected chi connectivity index (χ2v) is 2.44. The van der Waals surface area contributed by atoms with E-state index >= 15 is 0 Å². The molecule has 0 aromatic carbocycles. The number of hydrogen-bond donors (Lipinski definition) is 1. The third-order valence-corrected chi connectivity index (χ3v) is 1.51. The summed E-state index contributed by atoms with van der Waals surface area (Å²) in [6, 6.07) is 3.80. The van der Waals surface area contributed by atoms with Crippen LogP contribution in [0.4, 0.5) is 0 Å². The van der Waals surface area contributed by atoms with Crippen molar-refractivity contribution in [2.75, 3.05) is 0 Å². The predicted octanol–water partition coefficient (Wildman–Crippen LogP) is 0.709. The van der Waals surface area contributed by atoms with E-state index in [1.54, 1.807) is 6.92 Å². The summed E-state index contributed by atoms with van der Waals surface area (Å²) in [6.45, 7) is 1.76. The SMILES string of the molecule is C/C(=N\O)c1ccc[n+](C)c1. The molecule has 0 spiro atoms. The van der Waals surface area contributed by atoms with E-state index in [2.05, 4.69) is 5.16 Å². The van der Waals surface area contributed by atoms with Crippen LogP contribution in [0.15, 0.2) is 29.7 Å². The molecule has 3 nitrogen and oxygen atoms in total. The van der Waals surface area contributed by atoms with Gasteiger partial charge in [-0.3, -0.25) is 0 Å². The van der Waals surface area contributed by atoms with Crippen molar-refractivity contribution in [3.8, 4) is 0 Å². The molecule has 0 amide bonds. The van der Waals surface area contributed by atoms with E-state index < -0.39 is 0 Å². The minimum absolute atomic E-state index is 0.626. The Balaban J connectivity index is 3.06. The van der Waals surface area contributed by atoms with Crippen molar-refractivity contribution in [2.45, 2.75) is 6.92 Å². The van der Waals surface area contributed by atoms with Gasteiger partial charge in [0.1, 0.15) is 7.05 Å². The van der Waals surface area contributed by atoms with Gasteiger partial charge in [-0.2, -0.15) is 0 Å². The van der Waals surface area contributed by atoms with Crippen molar-refractivity contribution in [3.63, 3.8) is 0 Å². The number of pyridine rings is 1. The van der Waals surface area contributed by atoms with Crippen LogP contribution < -0.4 is 4.57 Å². The highest BCUT2D eigenvalue weighted by Crippen LogP contribution is 1.95. The van der Waals surface area contributed by atoms with Gasteiger partial charge < -0.3 is 5.21 Å². The number of rotatable bonds is 1. The van der Waals surface area contributed by atoms with Gasteiger partial charge in [-0.1, -0.05) is 5.16 Å². The molecular formula is C8H11N2O+. The molecule has 0 aliphatic rings. The topological polar surface area (TPSA) is 36.5 Å². The number of hydrogen-bond acceptors (Lipinski definition) is 2. The molecule has 0 unspecified atom stereocenters. The van der Waals surface area contributed by atoms with Crippen LogP contribution in [0.25, 0.3) is 0 Å². The first kappa shape index (κ1) is 7.72. The molecule has 0 aliphatic carbocycles. The lowest BCUT2D eigenvalue weighted by Gasteiger charge is -1.93. The summed E-state index contributed by atoms with van der Waals surface area (Å²) in [7, 11) is 1.92. The summed E-state index contributed by atoms with van der Waals surface area (Å²) in [6.07, 6.45) is 3.82. The van der Waals surface area contributed by atoms with Crippen LogP contribution in [-0.2, 0) is 7.05 Å². The van der Waals surface area contributed by atoms with Gasteiger partial charge in [-0.05, 0) is 13.0 Å². The molecule has 0 atom stereocenters. The molecule has 58 valence electrons. The van der Waals surface area contributed by atoms with E-state index in [1.165, 1.54) is 0 Å². The summed E-state index contributed by atoms with van der Waals surface area (Å²) >= 11 is 0. The van der Waals surface area contributed by atoms with E-state index in [1.807, 2.05) is 36.1 Å². The summed E-state index contributed by atoms with van der Waals surface area (Å²) in [4.78, 5) is 0. The molecule has 0 radical (unpaired) electrons. The Bertz CT molecular complexity index is 281. The summed E-state index contributed by atoms with van der Waals surface area (Å²) in [5, 5.41) is 11.6. The van der Waals surface area contributed by atoms with Crippen molar-refractivity contribution in [2.24, 2.45) is 12.2 Å². The van der Waals surface area contributed by atoms with Crippen molar-refractivity contribution in [1.29, 1.82) is 0 Å². The normalized spacial score (nSPS) is 11.6. The van der Waals surface area contributed by atoms with Crippen LogP contribution in [0, 0.1) is 0 Å². The van der Waals surface area contributed by atoms with Crippen molar-refractivity contribution in [1.82, 2.24) is 0 Å². The van der Waals surface area contributed by atoms with E-state index in [4.69, 9.17) is 5.21 Å². The number of aromatic nitrogens is 1. The van der Waals surface area contributed by atoms with E-state index in [9.17, 15) is 0 Å². The van der Waals surface area contributed by atoms with Crippen LogP contribution in [0.2, 0.25) is 0 Å². The highest BCUT2D eigenvalue weighted by atomic mass is 16.4. The Hall–Kier alpha value is -1.38. The summed E-state index contributed by atoms with van der Waals surface area (Å²) in [5.41, 5.74) is 1.55. The zero-order valence-corrected chi connectivity index (χ0v) is 6.65. The van der Waals surface area contributed by atoms with Crippen molar-refractivity contribution < 1.29 is 9.77 Å². The van der Waals surface area contributed by atoms with Gasteiger partial charge in [-0.15, -0.1) is 0 Å². The molecule has 11 heavy (non-hydrogen) atoms. The lowest BCUT2D eigenvalue weighted by Crippen LogP contribution is -2.27. The molecular weight excluding hydrogens is 140 g/mol. The highest BCUT2D eigenvalue weighted by molar-refractivity contribution is 5.97. The van der Waals surface area contributed by atoms with Crippen LogP contribution in [0.5, 0.6) is 0 Å². The Morgan fingerprint density at radius 3 is 2.91 bits per heavy atom. The zero-order valence-electron chi connectivity index (χ0n) is 6.65. The van der Waals surface area contributed by atoms with Crippen LogP contribution in [-0.4, -0.2) is 10.9 Å². The summed E-state index contributed by atoms with van der Waals surface area (Å²) < 4.78 is 1.91. The van der Waals surface area contributed by atoms with Gasteiger partial charge in [-0.25, -0.2) is 4.57 Å². The number of oxime groups is 1. The molecule has 0 saturated heterocycles.